The monoisotopic (exact) mass is 263 g/mol. The zero-order valence-electron chi connectivity index (χ0n) is 10.3. The molecule has 0 saturated carbocycles. The standard InChI is InChI=1S/C13H14FN3O2/c14-10-3-9(8-18)4-11(5-10)16-1-2-17-12(7-16)6-15-13(17)19/h3-5,8,12H,1-2,6-7H2,(H,15,19). The second kappa shape index (κ2) is 4.53. The van der Waals surface area contributed by atoms with Crippen LogP contribution in [0.1, 0.15) is 10.4 Å². The van der Waals surface area contributed by atoms with E-state index < -0.39 is 5.82 Å². The smallest absolute Gasteiger partial charge is 0.317 e. The first-order chi connectivity index (χ1) is 9.17. The number of nitrogens with one attached hydrogen (secondary N) is 1. The van der Waals surface area contributed by atoms with Crippen LogP contribution in [-0.4, -0.2) is 49.4 Å². The molecular formula is C13H14FN3O2. The van der Waals surface area contributed by atoms with Crippen molar-refractivity contribution >= 4 is 18.0 Å². The first-order valence-corrected chi connectivity index (χ1v) is 6.22. The van der Waals surface area contributed by atoms with Crippen LogP contribution >= 0.6 is 0 Å². The summed E-state index contributed by atoms with van der Waals surface area (Å²) in [4.78, 5) is 26.1. The van der Waals surface area contributed by atoms with E-state index in [0.717, 1.165) is 0 Å². The van der Waals surface area contributed by atoms with Crippen molar-refractivity contribution in [3.63, 3.8) is 0 Å². The summed E-state index contributed by atoms with van der Waals surface area (Å²) in [5.41, 5.74) is 1.03. The van der Waals surface area contributed by atoms with Gasteiger partial charge in [-0.2, -0.15) is 0 Å². The topological polar surface area (TPSA) is 52.7 Å². The molecule has 0 spiro atoms. The molecule has 0 aliphatic carbocycles. The molecule has 0 aromatic heterocycles. The van der Waals surface area contributed by atoms with Crippen molar-refractivity contribution in [2.24, 2.45) is 0 Å². The van der Waals surface area contributed by atoms with E-state index in [1.807, 2.05) is 4.90 Å². The first-order valence-electron chi connectivity index (χ1n) is 6.22. The summed E-state index contributed by atoms with van der Waals surface area (Å²) in [6.45, 7) is 2.53. The molecule has 2 heterocycles. The zero-order valence-corrected chi connectivity index (χ0v) is 10.3. The van der Waals surface area contributed by atoms with Crippen molar-refractivity contribution in [1.82, 2.24) is 10.2 Å². The summed E-state index contributed by atoms with van der Waals surface area (Å²) < 4.78 is 13.4. The summed E-state index contributed by atoms with van der Waals surface area (Å²) in [6.07, 6.45) is 0.642. The summed E-state index contributed by atoms with van der Waals surface area (Å²) in [6, 6.07) is 4.40. The molecule has 5 nitrogen and oxygen atoms in total. The molecule has 1 N–H and O–H groups in total. The average Bonchev–Trinajstić information content (AvgIpc) is 2.79. The van der Waals surface area contributed by atoms with Crippen molar-refractivity contribution in [1.29, 1.82) is 0 Å². The molecule has 19 heavy (non-hydrogen) atoms. The van der Waals surface area contributed by atoms with Crippen LogP contribution in [0, 0.1) is 5.82 Å². The maximum atomic E-state index is 13.4. The molecule has 3 rings (SSSR count). The third-order valence-electron chi connectivity index (χ3n) is 3.64. The van der Waals surface area contributed by atoms with Gasteiger partial charge in [0, 0.05) is 37.4 Å². The van der Waals surface area contributed by atoms with E-state index in [4.69, 9.17) is 0 Å². The average molecular weight is 263 g/mol. The van der Waals surface area contributed by atoms with Gasteiger partial charge in [-0.3, -0.25) is 4.79 Å². The summed E-state index contributed by atoms with van der Waals surface area (Å²) in [7, 11) is 0. The Morgan fingerprint density at radius 1 is 1.32 bits per heavy atom. The number of rotatable bonds is 2. The minimum Gasteiger partial charge on any atom is -0.368 e. The third-order valence-corrected chi connectivity index (χ3v) is 3.64. The lowest BCUT2D eigenvalue weighted by molar-refractivity contribution is 0.112. The highest BCUT2D eigenvalue weighted by atomic mass is 19.1. The molecule has 2 fully saturated rings. The van der Waals surface area contributed by atoms with Gasteiger partial charge in [-0.25, -0.2) is 9.18 Å². The fourth-order valence-electron chi connectivity index (χ4n) is 2.69. The Balaban J connectivity index is 1.82. The van der Waals surface area contributed by atoms with E-state index in [9.17, 15) is 14.0 Å². The van der Waals surface area contributed by atoms with Crippen LogP contribution in [0.4, 0.5) is 14.9 Å². The van der Waals surface area contributed by atoms with Gasteiger partial charge in [-0.05, 0) is 18.2 Å². The van der Waals surface area contributed by atoms with Crippen LogP contribution in [0.5, 0.6) is 0 Å². The SMILES string of the molecule is O=Cc1cc(F)cc(N2CCN3C(=O)NCC3C2)c1. The minimum absolute atomic E-state index is 0.0301. The number of nitrogens with zero attached hydrogens (tertiary/aromatic N) is 2. The number of carbonyl (C=O) groups is 2. The number of urea groups is 1. The van der Waals surface area contributed by atoms with Crippen molar-refractivity contribution in [3.8, 4) is 0 Å². The molecule has 6 heteroatoms. The molecular weight excluding hydrogens is 249 g/mol. The number of fused-ring (bicyclic) bond motifs is 1. The second-order valence-corrected chi connectivity index (χ2v) is 4.84. The number of hydrogen-bond donors (Lipinski definition) is 1. The van der Waals surface area contributed by atoms with Gasteiger partial charge in [-0.15, -0.1) is 0 Å². The Kier molecular flexibility index (Phi) is 2.85. The predicted molar refractivity (Wildman–Crippen MR) is 67.9 cm³/mol. The van der Waals surface area contributed by atoms with Gasteiger partial charge < -0.3 is 15.1 Å². The number of amides is 2. The van der Waals surface area contributed by atoms with Gasteiger partial charge in [0.2, 0.25) is 0 Å². The van der Waals surface area contributed by atoms with Crippen LogP contribution in [-0.2, 0) is 0 Å². The Morgan fingerprint density at radius 2 is 2.16 bits per heavy atom. The van der Waals surface area contributed by atoms with E-state index in [1.165, 1.54) is 12.1 Å². The van der Waals surface area contributed by atoms with Crippen LogP contribution in [0.15, 0.2) is 18.2 Å². The largest absolute Gasteiger partial charge is 0.368 e. The zero-order chi connectivity index (χ0) is 13.4. The number of piperazine rings is 1. The van der Waals surface area contributed by atoms with E-state index in [0.29, 0.717) is 43.7 Å². The number of aldehydes is 1. The summed E-state index contributed by atoms with van der Waals surface area (Å²) in [5.74, 6) is -0.414. The van der Waals surface area contributed by atoms with Crippen LogP contribution in [0.2, 0.25) is 0 Å². The highest BCUT2D eigenvalue weighted by Gasteiger charge is 2.35. The molecule has 1 aromatic carbocycles. The number of halogens is 1. The Labute approximate surface area is 110 Å². The lowest BCUT2D eigenvalue weighted by atomic mass is 10.1. The highest BCUT2D eigenvalue weighted by Crippen LogP contribution is 2.23. The summed E-state index contributed by atoms with van der Waals surface area (Å²) in [5, 5.41) is 2.80. The predicted octanol–water partition coefficient (Wildman–Crippen LogP) is 0.852. The van der Waals surface area contributed by atoms with Crippen LogP contribution < -0.4 is 10.2 Å². The van der Waals surface area contributed by atoms with Gasteiger partial charge in [0.1, 0.15) is 12.1 Å². The molecule has 100 valence electrons. The molecule has 0 bridgehead atoms. The van der Waals surface area contributed by atoms with Gasteiger partial charge in [0.15, 0.2) is 0 Å². The highest BCUT2D eigenvalue weighted by molar-refractivity contribution is 5.78. The Hall–Kier alpha value is -2.11. The molecule has 0 radical (unpaired) electrons. The van der Waals surface area contributed by atoms with E-state index in [-0.39, 0.29) is 12.1 Å². The van der Waals surface area contributed by atoms with Crippen LogP contribution in [0.25, 0.3) is 0 Å². The fourth-order valence-corrected chi connectivity index (χ4v) is 2.69. The molecule has 2 saturated heterocycles. The number of benzene rings is 1. The van der Waals surface area contributed by atoms with E-state index in [1.54, 1.807) is 11.0 Å². The van der Waals surface area contributed by atoms with E-state index in [2.05, 4.69) is 5.32 Å². The van der Waals surface area contributed by atoms with Gasteiger partial charge in [0.25, 0.3) is 0 Å². The maximum absolute atomic E-state index is 13.4. The molecule has 1 atom stereocenters. The summed E-state index contributed by atoms with van der Waals surface area (Å²) >= 11 is 0. The lowest BCUT2D eigenvalue weighted by Gasteiger charge is -2.37. The maximum Gasteiger partial charge on any atom is 0.317 e. The number of carbonyl (C=O) groups excluding carboxylic acids is 2. The lowest BCUT2D eigenvalue weighted by Crippen LogP contribution is -2.52. The third kappa shape index (κ3) is 2.14. The van der Waals surface area contributed by atoms with Crippen molar-refractivity contribution in [3.05, 3.63) is 29.6 Å². The van der Waals surface area contributed by atoms with Gasteiger partial charge in [0.05, 0.1) is 6.04 Å². The van der Waals surface area contributed by atoms with Gasteiger partial charge >= 0.3 is 6.03 Å². The molecule has 1 aromatic rings. The Morgan fingerprint density at radius 3 is 2.95 bits per heavy atom. The van der Waals surface area contributed by atoms with E-state index >= 15 is 0 Å². The van der Waals surface area contributed by atoms with Crippen LogP contribution in [0.3, 0.4) is 0 Å². The van der Waals surface area contributed by atoms with Crippen molar-refractivity contribution in [2.75, 3.05) is 31.1 Å². The molecule has 2 aliphatic rings. The second-order valence-electron chi connectivity index (χ2n) is 4.84. The first kappa shape index (κ1) is 12.0. The fraction of sp³-hybridized carbons (Fsp3) is 0.385. The molecule has 2 amide bonds. The Bertz CT molecular complexity index is 535. The minimum atomic E-state index is -0.414. The number of anilines is 1. The molecule has 2 aliphatic heterocycles. The normalized spacial score (nSPS) is 22.2. The van der Waals surface area contributed by atoms with Crippen molar-refractivity contribution < 1.29 is 14.0 Å². The van der Waals surface area contributed by atoms with Gasteiger partial charge in [-0.1, -0.05) is 0 Å². The number of hydrogen-bond acceptors (Lipinski definition) is 3. The quantitative estimate of drug-likeness (QED) is 0.805. The molecule has 1 unspecified atom stereocenters. The van der Waals surface area contributed by atoms with Crippen molar-refractivity contribution in [2.45, 2.75) is 6.04 Å².